The molecular weight excluding hydrogens is 344 g/mol. The molecule has 0 saturated heterocycles. The third-order valence-electron chi connectivity index (χ3n) is 5.73. The van der Waals surface area contributed by atoms with E-state index in [1.54, 1.807) is 0 Å². The molecule has 1 aromatic carbocycles. The Labute approximate surface area is 158 Å². The summed E-state index contributed by atoms with van der Waals surface area (Å²) in [5, 5.41) is 12.2. The number of ether oxygens (including phenoxy) is 1. The van der Waals surface area contributed by atoms with E-state index in [2.05, 4.69) is 15.3 Å². The van der Waals surface area contributed by atoms with Crippen LogP contribution in [0.1, 0.15) is 43.7 Å². The first-order valence-corrected chi connectivity index (χ1v) is 9.41. The van der Waals surface area contributed by atoms with Crippen molar-refractivity contribution in [3.63, 3.8) is 0 Å². The van der Waals surface area contributed by atoms with E-state index >= 15 is 0 Å². The van der Waals surface area contributed by atoms with Gasteiger partial charge in [-0.05, 0) is 43.9 Å². The molecule has 1 aromatic heterocycles. The molecule has 0 atom stereocenters. The Hall–Kier alpha value is -2.83. The van der Waals surface area contributed by atoms with Gasteiger partial charge in [-0.25, -0.2) is 9.97 Å². The molecule has 1 heterocycles. The highest BCUT2D eigenvalue weighted by Crippen LogP contribution is 2.54. The number of fused-ring (bicyclic) bond motifs is 4. The molecule has 0 unspecified atom stereocenters. The fourth-order valence-electron chi connectivity index (χ4n) is 4.70. The van der Waals surface area contributed by atoms with Gasteiger partial charge in [0.2, 0.25) is 0 Å². The maximum absolute atomic E-state index is 11.2. The maximum Gasteiger partial charge on any atom is 0.322 e. The maximum atomic E-state index is 11.2. The quantitative estimate of drug-likeness (QED) is 0.744. The second-order valence-electron chi connectivity index (χ2n) is 7.29. The topological polar surface area (TPSA) is 110 Å². The first-order chi connectivity index (χ1) is 13.1. The van der Waals surface area contributed by atoms with E-state index < -0.39 is 5.97 Å². The molecule has 2 aliphatic carbocycles. The van der Waals surface area contributed by atoms with Gasteiger partial charge in [0.25, 0.3) is 0 Å². The van der Waals surface area contributed by atoms with Crippen LogP contribution in [0.5, 0.6) is 5.75 Å². The normalized spacial score (nSPS) is 16.6. The molecule has 0 amide bonds. The van der Waals surface area contributed by atoms with E-state index in [1.807, 2.05) is 19.1 Å². The average Bonchev–Trinajstić information content (AvgIpc) is 3.09. The summed E-state index contributed by atoms with van der Waals surface area (Å²) < 4.78 is 5.79. The number of anilines is 2. The number of carbonyl (C=O) groups is 1. The van der Waals surface area contributed by atoms with Crippen molar-refractivity contribution >= 4 is 17.5 Å². The number of nitrogen functional groups attached to an aromatic ring is 1. The van der Waals surface area contributed by atoms with Crippen molar-refractivity contribution in [3.05, 3.63) is 29.6 Å². The predicted octanol–water partition coefficient (Wildman–Crippen LogP) is 2.99. The summed E-state index contributed by atoms with van der Waals surface area (Å²) >= 11 is 0. The van der Waals surface area contributed by atoms with Crippen LogP contribution >= 0.6 is 0 Å². The minimum Gasteiger partial charge on any atom is -0.492 e. The summed E-state index contributed by atoms with van der Waals surface area (Å²) in [4.78, 5) is 20.0. The predicted molar refractivity (Wildman–Crippen MR) is 103 cm³/mol. The molecule has 4 N–H and O–H groups in total. The van der Waals surface area contributed by atoms with Crippen molar-refractivity contribution in [1.29, 1.82) is 0 Å². The van der Waals surface area contributed by atoms with Gasteiger partial charge in [0.15, 0.2) is 0 Å². The van der Waals surface area contributed by atoms with Crippen molar-refractivity contribution < 1.29 is 14.6 Å². The van der Waals surface area contributed by atoms with E-state index in [0.717, 1.165) is 60.2 Å². The fourth-order valence-corrected chi connectivity index (χ4v) is 4.70. The Balaban J connectivity index is 1.93. The van der Waals surface area contributed by atoms with Crippen molar-refractivity contribution in [1.82, 2.24) is 9.97 Å². The number of aromatic nitrogens is 2. The Morgan fingerprint density at radius 1 is 1.33 bits per heavy atom. The van der Waals surface area contributed by atoms with Gasteiger partial charge in [0.1, 0.15) is 24.4 Å². The lowest BCUT2D eigenvalue weighted by Crippen LogP contribution is -2.32. The van der Waals surface area contributed by atoms with E-state index in [-0.39, 0.29) is 12.0 Å². The molecule has 142 valence electrons. The molecule has 7 nitrogen and oxygen atoms in total. The van der Waals surface area contributed by atoms with Crippen LogP contribution in [0.4, 0.5) is 11.5 Å². The summed E-state index contributed by atoms with van der Waals surface area (Å²) in [5.41, 5.74) is 10.9. The van der Waals surface area contributed by atoms with Crippen molar-refractivity contribution in [2.75, 3.05) is 24.2 Å². The zero-order valence-corrected chi connectivity index (χ0v) is 15.4. The minimum atomic E-state index is -0.909. The first kappa shape index (κ1) is 17.6. The van der Waals surface area contributed by atoms with Gasteiger partial charge >= 0.3 is 5.97 Å². The lowest BCUT2D eigenvalue weighted by molar-refractivity contribution is -0.134. The minimum absolute atomic E-state index is 0.0852. The smallest absolute Gasteiger partial charge is 0.322 e. The number of carboxylic acid groups (broad SMARTS) is 1. The summed E-state index contributed by atoms with van der Waals surface area (Å²) in [5.74, 6) is 0.325. The van der Waals surface area contributed by atoms with Crippen LogP contribution in [0.2, 0.25) is 0 Å². The van der Waals surface area contributed by atoms with Crippen LogP contribution in [0.25, 0.3) is 11.3 Å². The molecule has 0 radical (unpaired) electrons. The van der Waals surface area contributed by atoms with E-state index in [4.69, 9.17) is 15.6 Å². The SMILES string of the molecule is CCOc1ccc2c(c1NCC(=O)O)CC1(CCCC1)c1c(N)ncnc1-2. The summed E-state index contributed by atoms with van der Waals surface area (Å²) in [6.07, 6.45) is 6.66. The molecule has 4 rings (SSSR count). The highest BCUT2D eigenvalue weighted by atomic mass is 16.5. The molecule has 1 spiro atoms. The van der Waals surface area contributed by atoms with Gasteiger partial charge in [-0.15, -0.1) is 0 Å². The number of nitrogens with two attached hydrogens (primary N) is 1. The molecule has 0 aliphatic heterocycles. The summed E-state index contributed by atoms with van der Waals surface area (Å²) in [7, 11) is 0. The van der Waals surface area contributed by atoms with Crippen molar-refractivity contribution in [3.8, 4) is 17.0 Å². The third kappa shape index (κ3) is 2.87. The Morgan fingerprint density at radius 2 is 2.11 bits per heavy atom. The highest BCUT2D eigenvalue weighted by molar-refractivity contribution is 5.84. The Bertz CT molecular complexity index is 891. The number of carboxylic acids is 1. The van der Waals surface area contributed by atoms with Gasteiger partial charge in [-0.2, -0.15) is 0 Å². The Kier molecular flexibility index (Phi) is 4.37. The van der Waals surface area contributed by atoms with Crippen molar-refractivity contribution in [2.24, 2.45) is 0 Å². The highest BCUT2D eigenvalue weighted by Gasteiger charge is 2.44. The molecule has 1 fully saturated rings. The van der Waals surface area contributed by atoms with E-state index in [0.29, 0.717) is 18.2 Å². The van der Waals surface area contributed by atoms with Crippen LogP contribution in [-0.2, 0) is 16.6 Å². The number of aliphatic carboxylic acids is 1. The largest absolute Gasteiger partial charge is 0.492 e. The van der Waals surface area contributed by atoms with Crippen LogP contribution in [0, 0.1) is 0 Å². The van der Waals surface area contributed by atoms with Crippen LogP contribution in [0.3, 0.4) is 0 Å². The zero-order valence-electron chi connectivity index (χ0n) is 15.4. The molecule has 2 aromatic rings. The van der Waals surface area contributed by atoms with Gasteiger partial charge in [-0.3, -0.25) is 4.79 Å². The fraction of sp³-hybridized carbons (Fsp3) is 0.450. The van der Waals surface area contributed by atoms with Crippen LogP contribution in [0.15, 0.2) is 18.5 Å². The molecular formula is C20H24N4O3. The number of hydrogen-bond acceptors (Lipinski definition) is 6. The number of hydrogen-bond donors (Lipinski definition) is 3. The van der Waals surface area contributed by atoms with Crippen LogP contribution in [-0.4, -0.2) is 34.2 Å². The Morgan fingerprint density at radius 3 is 2.81 bits per heavy atom. The lowest BCUT2D eigenvalue weighted by Gasteiger charge is -2.38. The molecule has 2 aliphatic rings. The molecule has 0 bridgehead atoms. The molecule has 1 saturated carbocycles. The lowest BCUT2D eigenvalue weighted by atomic mass is 9.67. The van der Waals surface area contributed by atoms with Crippen LogP contribution < -0.4 is 15.8 Å². The molecule has 7 heteroatoms. The number of nitrogens with zero attached hydrogens (tertiary/aromatic N) is 2. The van der Waals surface area contributed by atoms with Gasteiger partial charge in [0.05, 0.1) is 18.0 Å². The second-order valence-corrected chi connectivity index (χ2v) is 7.29. The van der Waals surface area contributed by atoms with Gasteiger partial charge in [-0.1, -0.05) is 12.8 Å². The molecule has 27 heavy (non-hydrogen) atoms. The van der Waals surface area contributed by atoms with E-state index in [9.17, 15) is 4.79 Å². The van der Waals surface area contributed by atoms with Gasteiger partial charge < -0.3 is 20.9 Å². The van der Waals surface area contributed by atoms with Crippen molar-refractivity contribution in [2.45, 2.75) is 44.4 Å². The van der Waals surface area contributed by atoms with E-state index in [1.165, 1.54) is 6.33 Å². The van der Waals surface area contributed by atoms with Gasteiger partial charge in [0, 0.05) is 16.5 Å². The number of nitrogens with one attached hydrogen (secondary N) is 1. The first-order valence-electron chi connectivity index (χ1n) is 9.41. The monoisotopic (exact) mass is 368 g/mol. The second kappa shape index (κ2) is 6.72. The standard InChI is InChI=1S/C20H24N4O3/c1-2-27-14-6-5-12-13(17(14)22-10-15(25)26)9-20(7-3-4-8-20)16-18(12)23-11-24-19(16)21/h5-6,11,22H,2-4,7-10H2,1H3,(H,25,26)(H2,21,23,24). The number of benzene rings is 1. The summed E-state index contributed by atoms with van der Waals surface area (Å²) in [6.45, 7) is 2.27. The third-order valence-corrected chi connectivity index (χ3v) is 5.73. The number of rotatable bonds is 5. The average molecular weight is 368 g/mol. The summed E-state index contributed by atoms with van der Waals surface area (Å²) in [6, 6.07) is 3.88. The zero-order chi connectivity index (χ0) is 19.0.